The first-order valence-corrected chi connectivity index (χ1v) is 6.48. The number of alkyl halides is 1. The summed E-state index contributed by atoms with van der Waals surface area (Å²) in [5.41, 5.74) is -0.190. The fraction of sp³-hybridized carbons (Fsp3) is 0.429. The number of rotatable bonds is 3. The highest BCUT2D eigenvalue weighted by atomic mass is 19.1. The summed E-state index contributed by atoms with van der Waals surface area (Å²) in [5, 5.41) is 3.88. The Balaban J connectivity index is 1.55. The SMILES string of the molecule is FC1(c2nc(CC3COc4ccccc43)no2)CC1. The van der Waals surface area contributed by atoms with Crippen molar-refractivity contribution in [3.63, 3.8) is 0 Å². The Morgan fingerprint density at radius 1 is 1.32 bits per heavy atom. The molecule has 5 heteroatoms. The predicted octanol–water partition coefficient (Wildman–Crippen LogP) is 2.75. The second kappa shape index (κ2) is 3.79. The van der Waals surface area contributed by atoms with E-state index in [1.807, 2.05) is 24.3 Å². The number of para-hydroxylation sites is 1. The Morgan fingerprint density at radius 3 is 3.00 bits per heavy atom. The molecule has 0 N–H and O–H groups in total. The highest BCUT2D eigenvalue weighted by Gasteiger charge is 2.50. The molecular weight excluding hydrogens is 247 g/mol. The van der Waals surface area contributed by atoms with Crippen molar-refractivity contribution in [3.05, 3.63) is 41.5 Å². The minimum absolute atomic E-state index is 0.134. The quantitative estimate of drug-likeness (QED) is 0.851. The zero-order valence-corrected chi connectivity index (χ0v) is 10.3. The number of aromatic nitrogens is 2. The lowest BCUT2D eigenvalue weighted by atomic mass is 9.98. The van der Waals surface area contributed by atoms with Gasteiger partial charge in [0.2, 0.25) is 0 Å². The van der Waals surface area contributed by atoms with E-state index in [-0.39, 0.29) is 11.8 Å². The zero-order valence-electron chi connectivity index (χ0n) is 10.3. The summed E-state index contributed by atoms with van der Waals surface area (Å²) in [6.45, 7) is 0.615. The van der Waals surface area contributed by atoms with Crippen molar-refractivity contribution in [3.8, 4) is 5.75 Å². The molecule has 19 heavy (non-hydrogen) atoms. The van der Waals surface area contributed by atoms with Gasteiger partial charge in [-0.05, 0) is 18.9 Å². The Labute approximate surface area is 109 Å². The summed E-state index contributed by atoms with van der Waals surface area (Å²) in [5.74, 6) is 1.83. The first-order valence-electron chi connectivity index (χ1n) is 6.48. The van der Waals surface area contributed by atoms with Crippen LogP contribution in [0.5, 0.6) is 5.75 Å². The topological polar surface area (TPSA) is 48.2 Å². The average molecular weight is 260 g/mol. The number of fused-ring (bicyclic) bond motifs is 1. The van der Waals surface area contributed by atoms with Crippen molar-refractivity contribution in [1.82, 2.24) is 10.1 Å². The lowest BCUT2D eigenvalue weighted by Crippen LogP contribution is -2.06. The van der Waals surface area contributed by atoms with Crippen LogP contribution >= 0.6 is 0 Å². The van der Waals surface area contributed by atoms with Crippen molar-refractivity contribution >= 4 is 0 Å². The second-order valence-corrected chi connectivity index (χ2v) is 5.23. The molecular formula is C14H13FN2O2. The van der Waals surface area contributed by atoms with Crippen LogP contribution in [0.2, 0.25) is 0 Å². The van der Waals surface area contributed by atoms with Gasteiger partial charge in [0.1, 0.15) is 5.75 Å². The molecule has 1 saturated carbocycles. The maximum atomic E-state index is 13.8. The minimum atomic E-state index is -1.35. The molecule has 98 valence electrons. The van der Waals surface area contributed by atoms with Gasteiger partial charge in [0, 0.05) is 17.9 Å². The number of nitrogens with zero attached hydrogens (tertiary/aromatic N) is 2. The molecule has 0 amide bonds. The van der Waals surface area contributed by atoms with Crippen molar-refractivity contribution < 1.29 is 13.7 Å². The van der Waals surface area contributed by atoms with Gasteiger partial charge in [-0.15, -0.1) is 0 Å². The average Bonchev–Trinajstić information content (AvgIpc) is 2.89. The molecule has 0 radical (unpaired) electrons. The maximum absolute atomic E-state index is 13.8. The lowest BCUT2D eigenvalue weighted by molar-refractivity contribution is 0.225. The van der Waals surface area contributed by atoms with E-state index >= 15 is 0 Å². The molecule has 1 fully saturated rings. The number of ether oxygens (including phenoxy) is 1. The molecule has 2 heterocycles. The third kappa shape index (κ3) is 1.80. The molecule has 0 spiro atoms. The van der Waals surface area contributed by atoms with Crippen LogP contribution in [0.4, 0.5) is 4.39 Å². The summed E-state index contributed by atoms with van der Waals surface area (Å²) in [6.07, 6.45) is 1.60. The summed E-state index contributed by atoms with van der Waals surface area (Å²) in [4.78, 5) is 4.17. The largest absolute Gasteiger partial charge is 0.493 e. The van der Waals surface area contributed by atoms with E-state index in [9.17, 15) is 4.39 Å². The van der Waals surface area contributed by atoms with E-state index < -0.39 is 5.67 Å². The van der Waals surface area contributed by atoms with Gasteiger partial charge in [-0.1, -0.05) is 23.4 Å². The first-order chi connectivity index (χ1) is 9.24. The molecule has 2 aromatic rings. The van der Waals surface area contributed by atoms with Crippen LogP contribution in [0.15, 0.2) is 28.8 Å². The van der Waals surface area contributed by atoms with Gasteiger partial charge in [-0.3, -0.25) is 0 Å². The van der Waals surface area contributed by atoms with Crippen LogP contribution < -0.4 is 4.74 Å². The van der Waals surface area contributed by atoms with Crippen LogP contribution in [-0.2, 0) is 12.1 Å². The number of hydrogen-bond donors (Lipinski definition) is 0. The van der Waals surface area contributed by atoms with E-state index in [4.69, 9.17) is 9.26 Å². The van der Waals surface area contributed by atoms with Gasteiger partial charge in [0.05, 0.1) is 6.61 Å². The third-order valence-corrected chi connectivity index (χ3v) is 3.77. The van der Waals surface area contributed by atoms with E-state index in [2.05, 4.69) is 10.1 Å². The summed E-state index contributed by atoms with van der Waals surface area (Å²) in [6, 6.07) is 7.94. The smallest absolute Gasteiger partial charge is 0.264 e. The molecule has 1 aliphatic heterocycles. The highest BCUT2D eigenvalue weighted by molar-refractivity contribution is 5.40. The number of hydrogen-bond acceptors (Lipinski definition) is 4. The maximum Gasteiger partial charge on any atom is 0.264 e. The van der Waals surface area contributed by atoms with Crippen LogP contribution in [0.1, 0.15) is 36.0 Å². The van der Waals surface area contributed by atoms with Crippen LogP contribution in [0, 0.1) is 0 Å². The molecule has 4 nitrogen and oxygen atoms in total. The first kappa shape index (κ1) is 11.0. The summed E-state index contributed by atoms with van der Waals surface area (Å²) >= 11 is 0. The molecule has 1 unspecified atom stereocenters. The van der Waals surface area contributed by atoms with Gasteiger partial charge in [0.25, 0.3) is 5.89 Å². The Bertz CT molecular complexity index is 621. The van der Waals surface area contributed by atoms with Gasteiger partial charge in [-0.2, -0.15) is 4.98 Å². The van der Waals surface area contributed by atoms with Crippen molar-refractivity contribution in [1.29, 1.82) is 0 Å². The van der Waals surface area contributed by atoms with Crippen molar-refractivity contribution in [2.75, 3.05) is 6.61 Å². The van der Waals surface area contributed by atoms with Crippen LogP contribution in [-0.4, -0.2) is 16.7 Å². The Morgan fingerprint density at radius 2 is 2.16 bits per heavy atom. The van der Waals surface area contributed by atoms with Crippen molar-refractivity contribution in [2.45, 2.75) is 30.8 Å². The third-order valence-electron chi connectivity index (χ3n) is 3.77. The minimum Gasteiger partial charge on any atom is -0.493 e. The van der Waals surface area contributed by atoms with Gasteiger partial charge in [-0.25, -0.2) is 4.39 Å². The molecule has 2 aliphatic rings. The Kier molecular flexibility index (Phi) is 2.19. The molecule has 1 atom stereocenters. The zero-order chi connectivity index (χ0) is 12.9. The lowest BCUT2D eigenvalue weighted by Gasteiger charge is -2.04. The van der Waals surface area contributed by atoms with Gasteiger partial charge >= 0.3 is 0 Å². The van der Waals surface area contributed by atoms with Gasteiger partial charge < -0.3 is 9.26 Å². The van der Waals surface area contributed by atoms with E-state index in [1.165, 1.54) is 0 Å². The summed E-state index contributed by atoms with van der Waals surface area (Å²) in [7, 11) is 0. The van der Waals surface area contributed by atoms with E-state index in [1.54, 1.807) is 0 Å². The van der Waals surface area contributed by atoms with E-state index in [0.717, 1.165) is 11.3 Å². The molecule has 1 aromatic carbocycles. The number of halogens is 1. The predicted molar refractivity (Wildman–Crippen MR) is 64.7 cm³/mol. The summed E-state index contributed by atoms with van der Waals surface area (Å²) < 4.78 is 24.4. The van der Waals surface area contributed by atoms with Gasteiger partial charge in [0.15, 0.2) is 11.5 Å². The molecule has 0 saturated heterocycles. The fourth-order valence-electron chi connectivity index (χ4n) is 2.46. The molecule has 1 aromatic heterocycles. The number of benzene rings is 1. The van der Waals surface area contributed by atoms with Crippen LogP contribution in [0.25, 0.3) is 0 Å². The van der Waals surface area contributed by atoms with Crippen LogP contribution in [0.3, 0.4) is 0 Å². The molecule has 4 rings (SSSR count). The normalized spacial score (nSPS) is 22.9. The second-order valence-electron chi connectivity index (χ2n) is 5.23. The highest BCUT2D eigenvalue weighted by Crippen LogP contribution is 2.48. The van der Waals surface area contributed by atoms with E-state index in [0.29, 0.717) is 31.7 Å². The fourth-order valence-corrected chi connectivity index (χ4v) is 2.46. The molecule has 0 bridgehead atoms. The Hall–Kier alpha value is -1.91. The monoisotopic (exact) mass is 260 g/mol. The standard InChI is InChI=1S/C14H13FN2O2/c15-14(5-6-14)13-16-12(17-19-13)7-9-8-18-11-4-2-1-3-10(9)11/h1-4,9H,5-8H2. The molecule has 1 aliphatic carbocycles. The van der Waals surface area contributed by atoms with Crippen molar-refractivity contribution in [2.24, 2.45) is 0 Å².